The Morgan fingerprint density at radius 2 is 2.36 bits per heavy atom. The van der Waals surface area contributed by atoms with Crippen LogP contribution in [0.1, 0.15) is 5.76 Å². The van der Waals surface area contributed by atoms with Crippen molar-refractivity contribution in [3.63, 3.8) is 0 Å². The Hall–Kier alpha value is -3.32. The molecule has 0 fully saturated rings. The lowest BCUT2D eigenvalue weighted by molar-refractivity contribution is 0.513. The summed E-state index contributed by atoms with van der Waals surface area (Å²) in [6.07, 6.45) is 3.40. The molecule has 25 heavy (non-hydrogen) atoms. The third-order valence-electron chi connectivity index (χ3n) is 2.88. The molecule has 0 radical (unpaired) electrons. The molecule has 2 aromatic rings. The highest BCUT2D eigenvalue weighted by Gasteiger charge is 2.10. The zero-order valence-corrected chi connectivity index (χ0v) is 14.4. The highest BCUT2D eigenvalue weighted by atomic mass is 32.1. The minimum atomic E-state index is 0.279. The standard InChI is InChI=1S/C15H18N8OS/c1-3-6-19-13(17)23-15-22-11(8-25-15)12-5-4-10(24-12)7-20-14(18-2)21-9-16/h3-5,8H,1,6-7H2,2H3,(H2,18,20,21)(H3,17,19,22,23). The van der Waals surface area contributed by atoms with Crippen LogP contribution in [0.5, 0.6) is 0 Å². The second kappa shape index (κ2) is 9.09. The number of furan rings is 1. The Morgan fingerprint density at radius 3 is 3.08 bits per heavy atom. The van der Waals surface area contributed by atoms with Crippen LogP contribution >= 0.6 is 11.3 Å². The van der Waals surface area contributed by atoms with Gasteiger partial charge in [0.1, 0.15) is 11.5 Å². The van der Waals surface area contributed by atoms with Gasteiger partial charge in [-0.15, -0.1) is 22.9 Å². The highest BCUT2D eigenvalue weighted by molar-refractivity contribution is 7.13. The number of rotatable bonds is 6. The minimum absolute atomic E-state index is 0.279. The van der Waals surface area contributed by atoms with Gasteiger partial charge in [-0.1, -0.05) is 6.08 Å². The van der Waals surface area contributed by atoms with Crippen LogP contribution in [0.15, 0.2) is 44.6 Å². The molecule has 2 rings (SSSR count). The highest BCUT2D eigenvalue weighted by Crippen LogP contribution is 2.28. The number of hydrogen-bond acceptors (Lipinski definition) is 6. The molecule has 10 heteroatoms. The topological polar surface area (TPSA) is 137 Å². The number of nitriles is 1. The number of aliphatic imine (C=N–C) groups is 2. The SMILES string of the molecule is C=CCN/C(N)=N/c1nc(-c2ccc(CN/C(=N\C#N)NC)o2)cs1. The molecule has 9 nitrogen and oxygen atoms in total. The molecule has 2 aromatic heterocycles. The van der Waals surface area contributed by atoms with Crippen LogP contribution in [0, 0.1) is 11.5 Å². The summed E-state index contributed by atoms with van der Waals surface area (Å²) in [5, 5.41) is 19.5. The summed E-state index contributed by atoms with van der Waals surface area (Å²) in [6, 6.07) is 3.64. The number of thiazole rings is 1. The molecule has 0 aliphatic rings. The van der Waals surface area contributed by atoms with Gasteiger partial charge in [-0.3, -0.25) is 0 Å². The Kier molecular flexibility index (Phi) is 6.56. The van der Waals surface area contributed by atoms with Crippen molar-refractivity contribution in [1.29, 1.82) is 5.26 Å². The molecule has 0 unspecified atom stereocenters. The Labute approximate surface area is 149 Å². The molecule has 0 saturated carbocycles. The average molecular weight is 358 g/mol. The molecular weight excluding hydrogens is 340 g/mol. The van der Waals surface area contributed by atoms with E-state index in [0.29, 0.717) is 41.4 Å². The number of nitrogens with zero attached hydrogens (tertiary/aromatic N) is 4. The van der Waals surface area contributed by atoms with Crippen LogP contribution in [0.25, 0.3) is 11.5 Å². The Morgan fingerprint density at radius 1 is 1.52 bits per heavy atom. The lowest BCUT2D eigenvalue weighted by Gasteiger charge is -2.04. The van der Waals surface area contributed by atoms with Crippen molar-refractivity contribution in [3.8, 4) is 17.6 Å². The third-order valence-corrected chi connectivity index (χ3v) is 3.61. The number of hydrogen-bond donors (Lipinski definition) is 4. The van der Waals surface area contributed by atoms with E-state index in [4.69, 9.17) is 15.4 Å². The maximum atomic E-state index is 8.55. The first-order valence-electron chi connectivity index (χ1n) is 7.28. The summed E-state index contributed by atoms with van der Waals surface area (Å²) in [7, 11) is 1.67. The summed E-state index contributed by atoms with van der Waals surface area (Å²) < 4.78 is 5.73. The van der Waals surface area contributed by atoms with Crippen molar-refractivity contribution >= 4 is 28.4 Å². The van der Waals surface area contributed by atoms with Crippen molar-refractivity contribution in [1.82, 2.24) is 20.9 Å². The van der Waals surface area contributed by atoms with Crippen molar-refractivity contribution in [3.05, 3.63) is 35.9 Å². The maximum absolute atomic E-state index is 8.55. The maximum Gasteiger partial charge on any atom is 0.212 e. The van der Waals surface area contributed by atoms with Gasteiger partial charge in [-0.25, -0.2) is 4.98 Å². The molecule has 0 bridgehead atoms. The largest absolute Gasteiger partial charge is 0.458 e. The third kappa shape index (κ3) is 5.36. The fourth-order valence-corrected chi connectivity index (χ4v) is 2.45. The van der Waals surface area contributed by atoms with Gasteiger partial charge >= 0.3 is 0 Å². The number of nitrogens with one attached hydrogen (secondary N) is 3. The summed E-state index contributed by atoms with van der Waals surface area (Å²) in [4.78, 5) is 12.1. The van der Waals surface area contributed by atoms with Crippen LogP contribution in [0.4, 0.5) is 5.13 Å². The van der Waals surface area contributed by atoms with E-state index in [1.807, 2.05) is 17.5 Å². The second-order valence-corrected chi connectivity index (χ2v) is 5.45. The van der Waals surface area contributed by atoms with Crippen LogP contribution in [0.2, 0.25) is 0 Å². The van der Waals surface area contributed by atoms with Gasteiger partial charge in [0.15, 0.2) is 11.7 Å². The van der Waals surface area contributed by atoms with Crippen LogP contribution in [-0.2, 0) is 6.54 Å². The minimum Gasteiger partial charge on any atom is -0.458 e. The monoisotopic (exact) mass is 358 g/mol. The zero-order valence-electron chi connectivity index (χ0n) is 13.6. The van der Waals surface area contributed by atoms with Crippen molar-refractivity contribution < 1.29 is 4.42 Å². The van der Waals surface area contributed by atoms with Crippen LogP contribution in [0.3, 0.4) is 0 Å². The van der Waals surface area contributed by atoms with Crippen molar-refractivity contribution in [2.45, 2.75) is 6.54 Å². The molecule has 0 atom stereocenters. The zero-order chi connectivity index (χ0) is 18.1. The van der Waals surface area contributed by atoms with E-state index < -0.39 is 0 Å². The molecule has 0 aliphatic heterocycles. The van der Waals surface area contributed by atoms with Gasteiger partial charge in [0, 0.05) is 19.0 Å². The fraction of sp³-hybridized carbons (Fsp3) is 0.200. The van der Waals surface area contributed by atoms with E-state index in [-0.39, 0.29) is 5.96 Å². The Bertz CT molecular complexity index is 814. The molecule has 0 amide bonds. The lowest BCUT2D eigenvalue weighted by Crippen LogP contribution is -2.33. The summed E-state index contributed by atoms with van der Waals surface area (Å²) in [6.45, 7) is 4.51. The Balaban J connectivity index is 2.02. The van der Waals surface area contributed by atoms with E-state index in [1.165, 1.54) is 11.3 Å². The predicted molar refractivity (Wildman–Crippen MR) is 98.2 cm³/mol. The van der Waals surface area contributed by atoms with Gasteiger partial charge in [-0.2, -0.15) is 10.3 Å². The first kappa shape index (κ1) is 18.0. The smallest absolute Gasteiger partial charge is 0.212 e. The fourth-order valence-electron chi connectivity index (χ4n) is 1.76. The van der Waals surface area contributed by atoms with E-state index in [1.54, 1.807) is 19.3 Å². The molecular formula is C15H18N8OS. The normalized spacial score (nSPS) is 11.7. The van der Waals surface area contributed by atoms with Crippen LogP contribution < -0.4 is 21.7 Å². The number of nitrogens with two attached hydrogens (primary N) is 1. The van der Waals surface area contributed by atoms with Gasteiger partial charge < -0.3 is 26.1 Å². The summed E-state index contributed by atoms with van der Waals surface area (Å²) in [5.41, 5.74) is 6.41. The van der Waals surface area contributed by atoms with E-state index in [0.717, 1.165) is 0 Å². The average Bonchev–Trinajstić information content (AvgIpc) is 3.26. The second-order valence-electron chi connectivity index (χ2n) is 4.61. The van der Waals surface area contributed by atoms with Crippen molar-refractivity contribution in [2.75, 3.05) is 13.6 Å². The summed E-state index contributed by atoms with van der Waals surface area (Å²) >= 11 is 1.36. The van der Waals surface area contributed by atoms with Gasteiger partial charge in [0.05, 0.1) is 6.54 Å². The van der Waals surface area contributed by atoms with Crippen LogP contribution in [-0.4, -0.2) is 30.5 Å². The first-order valence-corrected chi connectivity index (χ1v) is 8.16. The van der Waals surface area contributed by atoms with E-state index >= 15 is 0 Å². The van der Waals surface area contributed by atoms with E-state index in [2.05, 4.69) is 37.5 Å². The molecule has 0 spiro atoms. The molecule has 0 aliphatic carbocycles. The lowest BCUT2D eigenvalue weighted by atomic mass is 10.3. The van der Waals surface area contributed by atoms with Gasteiger partial charge in [0.25, 0.3) is 0 Å². The predicted octanol–water partition coefficient (Wildman–Crippen LogP) is 1.27. The number of aromatic nitrogens is 1. The molecule has 0 saturated heterocycles. The van der Waals surface area contributed by atoms with E-state index in [9.17, 15) is 0 Å². The van der Waals surface area contributed by atoms with Gasteiger partial charge in [0.2, 0.25) is 17.3 Å². The quantitative estimate of drug-likeness (QED) is 0.264. The molecule has 2 heterocycles. The molecule has 5 N–H and O–H groups in total. The van der Waals surface area contributed by atoms with Crippen molar-refractivity contribution in [2.24, 2.45) is 15.7 Å². The van der Waals surface area contributed by atoms with Gasteiger partial charge in [-0.05, 0) is 12.1 Å². The summed E-state index contributed by atoms with van der Waals surface area (Å²) in [5.74, 6) is 1.95. The molecule has 130 valence electrons. The molecule has 0 aromatic carbocycles. The first-order chi connectivity index (χ1) is 12.2. The number of guanidine groups is 2.